The minimum atomic E-state index is 0.119. The van der Waals surface area contributed by atoms with Crippen molar-refractivity contribution in [1.29, 1.82) is 0 Å². The number of hydrogen-bond donors (Lipinski definition) is 2. The normalized spacial score (nSPS) is 18.6. The molecular weight excluding hydrogens is 236 g/mol. The van der Waals surface area contributed by atoms with Crippen LogP contribution in [0.15, 0.2) is 24.3 Å². The van der Waals surface area contributed by atoms with Gasteiger partial charge in [0.15, 0.2) is 0 Å². The lowest BCUT2D eigenvalue weighted by Gasteiger charge is -2.35. The Morgan fingerprint density at radius 1 is 1.42 bits per heavy atom. The number of benzene rings is 1. The van der Waals surface area contributed by atoms with Gasteiger partial charge < -0.3 is 10.8 Å². The Kier molecular flexibility index (Phi) is 4.97. The van der Waals surface area contributed by atoms with E-state index in [0.29, 0.717) is 6.04 Å². The number of nitrogens with two attached hydrogens (primary N) is 1. The SMILES string of the molecule is CCC(N)C(c1cccc(C)c1)N(CCO)C1CC1. The van der Waals surface area contributed by atoms with Crippen LogP contribution in [0, 0.1) is 6.92 Å². The van der Waals surface area contributed by atoms with Crippen LogP contribution in [0.1, 0.15) is 43.4 Å². The zero-order chi connectivity index (χ0) is 13.8. The van der Waals surface area contributed by atoms with Crippen LogP contribution in [0.5, 0.6) is 0 Å². The highest BCUT2D eigenvalue weighted by molar-refractivity contribution is 5.27. The molecule has 1 aliphatic carbocycles. The first-order chi connectivity index (χ1) is 9.17. The molecule has 1 saturated carbocycles. The highest BCUT2D eigenvalue weighted by Gasteiger charge is 2.36. The maximum absolute atomic E-state index is 9.34. The number of aryl methyl sites for hydroxylation is 1. The quantitative estimate of drug-likeness (QED) is 0.792. The molecule has 19 heavy (non-hydrogen) atoms. The van der Waals surface area contributed by atoms with Crippen LogP contribution in [0.2, 0.25) is 0 Å². The van der Waals surface area contributed by atoms with E-state index in [4.69, 9.17) is 5.73 Å². The molecule has 0 saturated heterocycles. The van der Waals surface area contributed by atoms with Crippen molar-refractivity contribution in [2.75, 3.05) is 13.2 Å². The molecule has 2 unspecified atom stereocenters. The van der Waals surface area contributed by atoms with Crippen LogP contribution in [0.25, 0.3) is 0 Å². The summed E-state index contributed by atoms with van der Waals surface area (Å²) >= 11 is 0. The number of nitrogens with zero attached hydrogens (tertiary/aromatic N) is 1. The zero-order valence-electron chi connectivity index (χ0n) is 12.0. The topological polar surface area (TPSA) is 49.5 Å². The highest BCUT2D eigenvalue weighted by atomic mass is 16.3. The molecule has 0 heterocycles. The lowest BCUT2D eigenvalue weighted by molar-refractivity contribution is 0.124. The smallest absolute Gasteiger partial charge is 0.0558 e. The third-order valence-corrected chi connectivity index (χ3v) is 3.99. The summed E-state index contributed by atoms with van der Waals surface area (Å²) < 4.78 is 0. The first-order valence-electron chi connectivity index (χ1n) is 7.36. The molecular formula is C16H26N2O. The summed E-state index contributed by atoms with van der Waals surface area (Å²) in [6.45, 7) is 5.18. The standard InChI is InChI=1S/C16H26N2O/c1-3-15(17)16(13-6-4-5-12(2)11-13)18(9-10-19)14-7-8-14/h4-6,11,14-16,19H,3,7-10,17H2,1-2H3. The molecule has 2 rings (SSSR count). The van der Waals surface area contributed by atoms with Crippen molar-refractivity contribution in [1.82, 2.24) is 4.90 Å². The summed E-state index contributed by atoms with van der Waals surface area (Å²) in [5, 5.41) is 9.34. The van der Waals surface area contributed by atoms with Crippen LogP contribution in [-0.4, -0.2) is 35.2 Å². The van der Waals surface area contributed by atoms with Crippen molar-refractivity contribution in [3.8, 4) is 0 Å². The largest absolute Gasteiger partial charge is 0.395 e. The molecule has 1 fully saturated rings. The van der Waals surface area contributed by atoms with Gasteiger partial charge in [-0.2, -0.15) is 0 Å². The van der Waals surface area contributed by atoms with Gasteiger partial charge in [-0.15, -0.1) is 0 Å². The molecule has 1 aliphatic rings. The summed E-state index contributed by atoms with van der Waals surface area (Å²) in [4.78, 5) is 2.41. The van der Waals surface area contributed by atoms with Crippen LogP contribution >= 0.6 is 0 Å². The molecule has 1 aromatic rings. The Hall–Kier alpha value is -0.900. The molecule has 3 nitrogen and oxygen atoms in total. The van der Waals surface area contributed by atoms with E-state index in [9.17, 15) is 5.11 Å². The van der Waals surface area contributed by atoms with Crippen LogP contribution in [-0.2, 0) is 0 Å². The van der Waals surface area contributed by atoms with Gasteiger partial charge in [0.1, 0.15) is 0 Å². The first-order valence-corrected chi connectivity index (χ1v) is 7.36. The average molecular weight is 262 g/mol. The Bertz CT molecular complexity index is 403. The van der Waals surface area contributed by atoms with Gasteiger partial charge in [0.05, 0.1) is 12.6 Å². The molecule has 3 heteroatoms. The van der Waals surface area contributed by atoms with Gasteiger partial charge in [-0.05, 0) is 31.7 Å². The van der Waals surface area contributed by atoms with Gasteiger partial charge in [0.2, 0.25) is 0 Å². The zero-order valence-corrected chi connectivity index (χ0v) is 12.0. The fourth-order valence-electron chi connectivity index (χ4n) is 2.83. The lowest BCUT2D eigenvalue weighted by Crippen LogP contribution is -2.43. The van der Waals surface area contributed by atoms with E-state index in [1.165, 1.54) is 24.0 Å². The lowest BCUT2D eigenvalue weighted by atomic mass is 9.95. The van der Waals surface area contributed by atoms with E-state index in [1.807, 2.05) is 0 Å². The second-order valence-corrected chi connectivity index (χ2v) is 5.62. The Balaban J connectivity index is 2.28. The Morgan fingerprint density at radius 3 is 2.68 bits per heavy atom. The summed E-state index contributed by atoms with van der Waals surface area (Å²) in [6, 6.07) is 9.57. The molecule has 2 atom stereocenters. The van der Waals surface area contributed by atoms with Crippen molar-refractivity contribution >= 4 is 0 Å². The third-order valence-electron chi connectivity index (χ3n) is 3.99. The van der Waals surface area contributed by atoms with E-state index in [1.54, 1.807) is 0 Å². The molecule has 106 valence electrons. The molecule has 0 spiro atoms. The monoisotopic (exact) mass is 262 g/mol. The van der Waals surface area contributed by atoms with Gasteiger partial charge in [0, 0.05) is 18.6 Å². The fourth-order valence-corrected chi connectivity index (χ4v) is 2.83. The molecule has 0 bridgehead atoms. The van der Waals surface area contributed by atoms with Crippen molar-refractivity contribution in [3.63, 3.8) is 0 Å². The van der Waals surface area contributed by atoms with Crippen molar-refractivity contribution in [3.05, 3.63) is 35.4 Å². The fraction of sp³-hybridized carbons (Fsp3) is 0.625. The maximum Gasteiger partial charge on any atom is 0.0558 e. The summed E-state index contributed by atoms with van der Waals surface area (Å²) in [6.07, 6.45) is 3.42. The van der Waals surface area contributed by atoms with Gasteiger partial charge in [0.25, 0.3) is 0 Å². The molecule has 1 aromatic carbocycles. The first kappa shape index (κ1) is 14.5. The minimum Gasteiger partial charge on any atom is -0.395 e. The van der Waals surface area contributed by atoms with Gasteiger partial charge >= 0.3 is 0 Å². The number of hydrogen-bond acceptors (Lipinski definition) is 3. The summed E-state index contributed by atoms with van der Waals surface area (Å²) in [7, 11) is 0. The van der Waals surface area contributed by atoms with E-state index in [-0.39, 0.29) is 18.7 Å². The van der Waals surface area contributed by atoms with Gasteiger partial charge in [-0.1, -0.05) is 36.8 Å². The van der Waals surface area contributed by atoms with E-state index in [0.717, 1.165) is 13.0 Å². The molecule has 0 aromatic heterocycles. The molecule has 0 amide bonds. The van der Waals surface area contributed by atoms with Gasteiger partial charge in [-0.25, -0.2) is 0 Å². The molecule has 3 N–H and O–H groups in total. The van der Waals surface area contributed by atoms with E-state index < -0.39 is 0 Å². The average Bonchev–Trinajstić information content (AvgIpc) is 3.22. The molecule has 0 radical (unpaired) electrons. The van der Waals surface area contributed by atoms with Crippen LogP contribution in [0.3, 0.4) is 0 Å². The number of rotatable bonds is 7. The highest BCUT2D eigenvalue weighted by Crippen LogP contribution is 2.36. The molecule has 0 aliphatic heterocycles. The summed E-state index contributed by atoms with van der Waals surface area (Å²) in [5.41, 5.74) is 8.93. The Morgan fingerprint density at radius 2 is 2.16 bits per heavy atom. The van der Waals surface area contributed by atoms with Crippen molar-refractivity contribution in [2.45, 2.75) is 51.2 Å². The number of aliphatic hydroxyl groups is 1. The van der Waals surface area contributed by atoms with E-state index >= 15 is 0 Å². The maximum atomic E-state index is 9.34. The van der Waals surface area contributed by atoms with Crippen molar-refractivity contribution < 1.29 is 5.11 Å². The predicted octanol–water partition coefficient (Wildman–Crippen LogP) is 2.23. The Labute approximate surface area is 116 Å². The van der Waals surface area contributed by atoms with Gasteiger partial charge in [-0.3, -0.25) is 4.90 Å². The third kappa shape index (κ3) is 3.56. The minimum absolute atomic E-state index is 0.119. The van der Waals surface area contributed by atoms with Crippen LogP contribution < -0.4 is 5.73 Å². The second kappa shape index (κ2) is 6.51. The second-order valence-electron chi connectivity index (χ2n) is 5.62. The van der Waals surface area contributed by atoms with Crippen molar-refractivity contribution in [2.24, 2.45) is 5.73 Å². The summed E-state index contributed by atoms with van der Waals surface area (Å²) in [5.74, 6) is 0. The van der Waals surface area contributed by atoms with E-state index in [2.05, 4.69) is 43.0 Å². The number of aliphatic hydroxyl groups excluding tert-OH is 1. The van der Waals surface area contributed by atoms with Crippen LogP contribution in [0.4, 0.5) is 0 Å². The predicted molar refractivity (Wildman–Crippen MR) is 79.0 cm³/mol.